The third-order valence-corrected chi connectivity index (χ3v) is 3.12. The largest absolute Gasteiger partial charge is 0.416 e. The van der Waals surface area contributed by atoms with Crippen molar-refractivity contribution in [2.75, 3.05) is 0 Å². The van der Waals surface area contributed by atoms with E-state index in [9.17, 15) is 13.2 Å². The number of nitrogens with two attached hydrogens (primary N) is 1. The summed E-state index contributed by atoms with van der Waals surface area (Å²) in [6.45, 7) is 4.08. The van der Waals surface area contributed by atoms with Gasteiger partial charge in [-0.25, -0.2) is 0 Å². The van der Waals surface area contributed by atoms with Gasteiger partial charge in [-0.1, -0.05) is 25.4 Å². The van der Waals surface area contributed by atoms with Crippen LogP contribution in [0, 0.1) is 5.92 Å². The molecule has 0 spiro atoms. The number of halogens is 4. The second kappa shape index (κ2) is 5.93. The summed E-state index contributed by atoms with van der Waals surface area (Å²) < 4.78 is 37.8. The smallest absolute Gasteiger partial charge is 0.324 e. The molecule has 0 aromatic heterocycles. The molecule has 0 fully saturated rings. The van der Waals surface area contributed by atoms with Crippen molar-refractivity contribution in [2.45, 2.75) is 38.9 Å². The van der Waals surface area contributed by atoms with Crippen molar-refractivity contribution in [1.82, 2.24) is 0 Å². The zero-order chi connectivity index (χ0) is 13.9. The maximum Gasteiger partial charge on any atom is 0.416 e. The molecule has 0 amide bonds. The molecule has 0 saturated heterocycles. The quantitative estimate of drug-likeness (QED) is 0.842. The second-order valence-corrected chi connectivity index (χ2v) is 5.22. The van der Waals surface area contributed by atoms with Crippen LogP contribution < -0.4 is 5.73 Å². The molecule has 1 atom stereocenters. The van der Waals surface area contributed by atoms with Gasteiger partial charge in [-0.15, -0.1) is 0 Å². The molecule has 5 heteroatoms. The van der Waals surface area contributed by atoms with Gasteiger partial charge in [-0.05, 0) is 42.5 Å². The Morgan fingerprint density at radius 1 is 1.22 bits per heavy atom. The summed E-state index contributed by atoms with van der Waals surface area (Å²) in [5.74, 6) is 0.459. The van der Waals surface area contributed by atoms with Gasteiger partial charge < -0.3 is 5.73 Å². The van der Waals surface area contributed by atoms with Crippen LogP contribution in [-0.4, -0.2) is 0 Å². The summed E-state index contributed by atoms with van der Waals surface area (Å²) in [5, 5.41) is 0.291. The predicted molar refractivity (Wildman–Crippen MR) is 67.5 cm³/mol. The van der Waals surface area contributed by atoms with Crippen LogP contribution in [0.15, 0.2) is 18.2 Å². The van der Waals surface area contributed by atoms with Crippen molar-refractivity contribution in [3.05, 3.63) is 34.3 Å². The monoisotopic (exact) mass is 279 g/mol. The molecule has 18 heavy (non-hydrogen) atoms. The van der Waals surface area contributed by atoms with Gasteiger partial charge in [0.15, 0.2) is 0 Å². The molecule has 0 heterocycles. The van der Waals surface area contributed by atoms with Crippen LogP contribution in [-0.2, 0) is 6.18 Å². The lowest BCUT2D eigenvalue weighted by Gasteiger charge is -2.17. The van der Waals surface area contributed by atoms with E-state index < -0.39 is 17.8 Å². The summed E-state index contributed by atoms with van der Waals surface area (Å²) >= 11 is 5.91. The standard InChI is InChI=1S/C13H17ClF3N/c1-8(2)3-6-12(18)10-7-9(13(15,16)17)4-5-11(10)14/h4-5,7-8,12H,3,6,18H2,1-2H3/t12-/m0/s1. The fourth-order valence-corrected chi connectivity index (χ4v) is 1.93. The summed E-state index contributed by atoms with van der Waals surface area (Å²) in [4.78, 5) is 0. The lowest BCUT2D eigenvalue weighted by Crippen LogP contribution is -2.14. The molecule has 0 saturated carbocycles. The van der Waals surface area contributed by atoms with Crippen molar-refractivity contribution in [3.63, 3.8) is 0 Å². The van der Waals surface area contributed by atoms with E-state index in [1.807, 2.05) is 13.8 Å². The summed E-state index contributed by atoms with van der Waals surface area (Å²) in [5.41, 5.74) is 5.57. The van der Waals surface area contributed by atoms with Crippen LogP contribution in [0.3, 0.4) is 0 Å². The molecular weight excluding hydrogens is 263 g/mol. The van der Waals surface area contributed by atoms with E-state index in [1.54, 1.807) is 0 Å². The SMILES string of the molecule is CC(C)CC[C@H](N)c1cc(C(F)(F)F)ccc1Cl. The fourth-order valence-electron chi connectivity index (χ4n) is 1.67. The van der Waals surface area contributed by atoms with Crippen LogP contribution in [0.25, 0.3) is 0 Å². The number of hydrogen-bond donors (Lipinski definition) is 1. The molecule has 0 bridgehead atoms. The van der Waals surface area contributed by atoms with Gasteiger partial charge in [0.05, 0.1) is 5.56 Å². The zero-order valence-electron chi connectivity index (χ0n) is 10.4. The molecule has 0 aliphatic rings. The van der Waals surface area contributed by atoms with Crippen molar-refractivity contribution < 1.29 is 13.2 Å². The van der Waals surface area contributed by atoms with Gasteiger partial charge in [-0.3, -0.25) is 0 Å². The molecule has 1 rings (SSSR count). The molecule has 0 unspecified atom stereocenters. The highest BCUT2D eigenvalue weighted by Gasteiger charge is 2.31. The minimum Gasteiger partial charge on any atom is -0.324 e. The molecule has 2 N–H and O–H groups in total. The fraction of sp³-hybridized carbons (Fsp3) is 0.538. The van der Waals surface area contributed by atoms with Crippen LogP contribution >= 0.6 is 11.6 Å². The number of hydrogen-bond acceptors (Lipinski definition) is 1. The molecular formula is C13H17ClF3N. The number of rotatable bonds is 4. The molecule has 0 aliphatic carbocycles. The Labute approximate surface area is 110 Å². The van der Waals surface area contributed by atoms with E-state index in [0.717, 1.165) is 18.6 Å². The second-order valence-electron chi connectivity index (χ2n) is 4.81. The van der Waals surface area contributed by atoms with Crippen molar-refractivity contribution >= 4 is 11.6 Å². The molecule has 102 valence electrons. The van der Waals surface area contributed by atoms with Gasteiger partial charge in [0.2, 0.25) is 0 Å². The lowest BCUT2D eigenvalue weighted by molar-refractivity contribution is -0.137. The topological polar surface area (TPSA) is 26.0 Å². The Hall–Kier alpha value is -0.740. The van der Waals surface area contributed by atoms with Crippen molar-refractivity contribution in [2.24, 2.45) is 11.7 Å². The van der Waals surface area contributed by atoms with E-state index in [2.05, 4.69) is 0 Å². The van der Waals surface area contributed by atoms with Crippen LogP contribution in [0.1, 0.15) is 43.9 Å². The number of alkyl halides is 3. The third-order valence-electron chi connectivity index (χ3n) is 2.78. The maximum absolute atomic E-state index is 12.6. The first-order chi connectivity index (χ1) is 8.21. The lowest BCUT2D eigenvalue weighted by atomic mass is 9.97. The van der Waals surface area contributed by atoms with E-state index in [4.69, 9.17) is 17.3 Å². The van der Waals surface area contributed by atoms with E-state index in [-0.39, 0.29) is 0 Å². The molecule has 1 nitrogen and oxygen atoms in total. The molecule has 1 aromatic carbocycles. The summed E-state index contributed by atoms with van der Waals surface area (Å²) in [6, 6.07) is 2.82. The highest BCUT2D eigenvalue weighted by molar-refractivity contribution is 6.31. The van der Waals surface area contributed by atoms with Gasteiger partial charge in [0, 0.05) is 11.1 Å². The van der Waals surface area contributed by atoms with E-state index >= 15 is 0 Å². The summed E-state index contributed by atoms with van der Waals surface area (Å²) in [6.07, 6.45) is -2.89. The van der Waals surface area contributed by atoms with E-state index in [1.165, 1.54) is 6.07 Å². The molecule has 0 aliphatic heterocycles. The number of benzene rings is 1. The van der Waals surface area contributed by atoms with Gasteiger partial charge in [0.1, 0.15) is 0 Å². The first kappa shape index (κ1) is 15.3. The van der Waals surface area contributed by atoms with Crippen molar-refractivity contribution in [1.29, 1.82) is 0 Å². The van der Waals surface area contributed by atoms with Gasteiger partial charge in [0.25, 0.3) is 0 Å². The maximum atomic E-state index is 12.6. The van der Waals surface area contributed by atoms with Gasteiger partial charge >= 0.3 is 6.18 Å². The first-order valence-corrected chi connectivity index (χ1v) is 6.22. The third kappa shape index (κ3) is 4.18. The first-order valence-electron chi connectivity index (χ1n) is 5.84. The molecule has 1 aromatic rings. The van der Waals surface area contributed by atoms with Crippen LogP contribution in [0.2, 0.25) is 5.02 Å². The highest BCUT2D eigenvalue weighted by atomic mass is 35.5. The normalized spacial score (nSPS) is 14.0. The average Bonchev–Trinajstić information content (AvgIpc) is 2.24. The Morgan fingerprint density at radius 3 is 2.33 bits per heavy atom. The predicted octanol–water partition coefficient (Wildman–Crippen LogP) is 4.79. The minimum atomic E-state index is -4.36. The van der Waals surface area contributed by atoms with Crippen LogP contribution in [0.5, 0.6) is 0 Å². The molecule has 0 radical (unpaired) electrons. The van der Waals surface area contributed by atoms with Gasteiger partial charge in [-0.2, -0.15) is 13.2 Å². The summed E-state index contributed by atoms with van der Waals surface area (Å²) in [7, 11) is 0. The average molecular weight is 280 g/mol. The Kier molecular flexibility index (Phi) is 5.05. The minimum absolute atomic E-state index is 0.291. The zero-order valence-corrected chi connectivity index (χ0v) is 11.1. The Balaban J connectivity index is 2.93. The Morgan fingerprint density at radius 2 is 1.83 bits per heavy atom. The highest BCUT2D eigenvalue weighted by Crippen LogP contribution is 2.34. The van der Waals surface area contributed by atoms with Crippen molar-refractivity contribution in [3.8, 4) is 0 Å². The van der Waals surface area contributed by atoms with Crippen LogP contribution in [0.4, 0.5) is 13.2 Å². The Bertz CT molecular complexity index is 402. The van der Waals surface area contributed by atoms with E-state index in [0.29, 0.717) is 22.9 Å².